The molecule has 1 saturated heterocycles. The molecule has 2 N–H and O–H groups in total. The normalized spacial score (nSPS) is 26.2. The highest BCUT2D eigenvalue weighted by Crippen LogP contribution is 2.32. The van der Waals surface area contributed by atoms with E-state index in [0.29, 0.717) is 18.0 Å². The molecule has 4 atom stereocenters. The van der Waals surface area contributed by atoms with Crippen LogP contribution in [0.2, 0.25) is 0 Å². The second-order valence-electron chi connectivity index (χ2n) is 6.89. The molecule has 0 aliphatic carbocycles. The number of hydrogen-bond donors (Lipinski definition) is 1. The van der Waals surface area contributed by atoms with Gasteiger partial charge < -0.3 is 10.6 Å². The van der Waals surface area contributed by atoms with Gasteiger partial charge in [-0.1, -0.05) is 43.7 Å². The molecule has 0 saturated carbocycles. The van der Waals surface area contributed by atoms with Crippen LogP contribution in [0, 0.1) is 12.8 Å². The van der Waals surface area contributed by atoms with Crippen molar-refractivity contribution in [2.24, 2.45) is 11.7 Å². The molecule has 0 radical (unpaired) electrons. The topological polar surface area (TPSA) is 32.5 Å². The van der Waals surface area contributed by atoms with Gasteiger partial charge in [0.2, 0.25) is 0 Å². The van der Waals surface area contributed by atoms with Crippen LogP contribution >= 0.6 is 0 Å². The maximum atomic E-state index is 6.48. The van der Waals surface area contributed by atoms with Crippen molar-refractivity contribution in [3.8, 4) is 0 Å². The lowest BCUT2D eigenvalue weighted by Gasteiger charge is -2.33. The average Bonchev–Trinajstić information content (AvgIpc) is 2.83. The molecule has 1 aliphatic heterocycles. The van der Waals surface area contributed by atoms with Gasteiger partial charge in [0.1, 0.15) is 0 Å². The molecule has 1 aromatic carbocycles. The van der Waals surface area contributed by atoms with E-state index >= 15 is 0 Å². The first kappa shape index (κ1) is 16.5. The van der Waals surface area contributed by atoms with E-state index in [1.807, 2.05) is 0 Å². The Kier molecular flexibility index (Phi) is 5.42. The highest BCUT2D eigenvalue weighted by molar-refractivity contribution is 5.25. The first-order valence-electron chi connectivity index (χ1n) is 8.16. The summed E-state index contributed by atoms with van der Waals surface area (Å²) < 4.78 is 0. The third-order valence-corrected chi connectivity index (χ3v) is 4.95. The number of nitrogens with zero attached hydrogens (tertiary/aromatic N) is 2. The van der Waals surface area contributed by atoms with Crippen LogP contribution < -0.4 is 5.73 Å². The minimum absolute atomic E-state index is 0.195. The fourth-order valence-corrected chi connectivity index (χ4v) is 3.60. The lowest BCUT2D eigenvalue weighted by molar-refractivity contribution is 0.190. The molecule has 3 heteroatoms. The SMILES string of the molecule is CCC(N)C(c1ccc(C)cc1)N1CC(C)C(N(C)C)C1. The van der Waals surface area contributed by atoms with Gasteiger partial charge in [0.05, 0.1) is 0 Å². The van der Waals surface area contributed by atoms with Crippen LogP contribution in [0.4, 0.5) is 0 Å². The molecule has 0 spiro atoms. The molecular weight excluding hydrogens is 258 g/mol. The Morgan fingerprint density at radius 2 is 1.86 bits per heavy atom. The molecule has 0 bridgehead atoms. The fraction of sp³-hybridized carbons (Fsp3) is 0.667. The molecule has 1 aliphatic rings. The smallest absolute Gasteiger partial charge is 0.0499 e. The maximum Gasteiger partial charge on any atom is 0.0499 e. The van der Waals surface area contributed by atoms with Gasteiger partial charge in [-0.05, 0) is 38.9 Å². The Bertz CT molecular complexity index is 440. The standard InChI is InChI=1S/C18H31N3/c1-6-16(19)18(15-9-7-13(2)8-10-15)21-11-14(3)17(12-21)20(4)5/h7-10,14,16-18H,6,11-12,19H2,1-5H3. The third kappa shape index (κ3) is 3.65. The van der Waals surface area contributed by atoms with E-state index in [9.17, 15) is 0 Å². The minimum atomic E-state index is 0.195. The van der Waals surface area contributed by atoms with E-state index in [1.165, 1.54) is 11.1 Å². The zero-order valence-electron chi connectivity index (χ0n) is 14.2. The quantitative estimate of drug-likeness (QED) is 0.904. The number of rotatable bonds is 5. The van der Waals surface area contributed by atoms with Crippen molar-refractivity contribution in [3.05, 3.63) is 35.4 Å². The molecule has 0 aromatic heterocycles. The highest BCUT2D eigenvalue weighted by Gasteiger charge is 2.37. The summed E-state index contributed by atoms with van der Waals surface area (Å²) in [5, 5.41) is 0. The van der Waals surface area contributed by atoms with Crippen molar-refractivity contribution in [3.63, 3.8) is 0 Å². The molecule has 21 heavy (non-hydrogen) atoms. The Labute approximate surface area is 130 Å². The van der Waals surface area contributed by atoms with Crippen LogP contribution in [0.3, 0.4) is 0 Å². The van der Waals surface area contributed by atoms with E-state index in [4.69, 9.17) is 5.73 Å². The molecular formula is C18H31N3. The van der Waals surface area contributed by atoms with Crippen LogP contribution in [0.5, 0.6) is 0 Å². The molecule has 1 heterocycles. The van der Waals surface area contributed by atoms with E-state index in [2.05, 4.69) is 68.9 Å². The first-order valence-corrected chi connectivity index (χ1v) is 8.16. The summed E-state index contributed by atoms with van der Waals surface area (Å²) in [6.07, 6.45) is 1.01. The zero-order valence-corrected chi connectivity index (χ0v) is 14.2. The predicted molar refractivity (Wildman–Crippen MR) is 90.4 cm³/mol. The molecule has 1 aromatic rings. The lowest BCUT2D eigenvalue weighted by Crippen LogP contribution is -2.41. The molecule has 118 valence electrons. The van der Waals surface area contributed by atoms with Gasteiger partial charge in [-0.25, -0.2) is 0 Å². The summed E-state index contributed by atoms with van der Waals surface area (Å²) in [5.74, 6) is 0.692. The van der Waals surface area contributed by atoms with Gasteiger partial charge in [0.25, 0.3) is 0 Å². The molecule has 2 rings (SSSR count). The Hall–Kier alpha value is -0.900. The summed E-state index contributed by atoms with van der Waals surface area (Å²) in [7, 11) is 4.37. The summed E-state index contributed by atoms with van der Waals surface area (Å²) in [6.45, 7) is 8.93. The molecule has 0 amide bonds. The van der Waals surface area contributed by atoms with Crippen LogP contribution in [-0.4, -0.2) is 49.1 Å². The van der Waals surface area contributed by atoms with Crippen LogP contribution in [0.25, 0.3) is 0 Å². The number of aryl methyl sites for hydroxylation is 1. The van der Waals surface area contributed by atoms with E-state index < -0.39 is 0 Å². The fourth-order valence-electron chi connectivity index (χ4n) is 3.60. The molecule has 3 nitrogen and oxygen atoms in total. The van der Waals surface area contributed by atoms with Gasteiger partial charge in [0.15, 0.2) is 0 Å². The summed E-state index contributed by atoms with van der Waals surface area (Å²) in [4.78, 5) is 4.95. The zero-order chi connectivity index (χ0) is 15.6. The van der Waals surface area contributed by atoms with Gasteiger partial charge in [0, 0.05) is 31.2 Å². The maximum absolute atomic E-state index is 6.48. The highest BCUT2D eigenvalue weighted by atomic mass is 15.3. The Balaban J connectivity index is 2.23. The number of benzene rings is 1. The van der Waals surface area contributed by atoms with Crippen LogP contribution in [0.15, 0.2) is 24.3 Å². The van der Waals surface area contributed by atoms with E-state index in [1.54, 1.807) is 0 Å². The number of hydrogen-bond acceptors (Lipinski definition) is 3. The monoisotopic (exact) mass is 289 g/mol. The van der Waals surface area contributed by atoms with Gasteiger partial charge in [-0.3, -0.25) is 4.90 Å². The van der Waals surface area contributed by atoms with Crippen molar-refractivity contribution in [1.82, 2.24) is 9.80 Å². The molecule has 4 unspecified atom stereocenters. The lowest BCUT2D eigenvalue weighted by atomic mass is 9.96. The first-order chi connectivity index (χ1) is 9.93. The predicted octanol–water partition coefficient (Wildman–Crippen LogP) is 2.66. The second kappa shape index (κ2) is 6.91. The largest absolute Gasteiger partial charge is 0.326 e. The summed E-state index contributed by atoms with van der Waals surface area (Å²) in [5.41, 5.74) is 9.15. The summed E-state index contributed by atoms with van der Waals surface area (Å²) in [6, 6.07) is 10.1. The van der Waals surface area contributed by atoms with Crippen LogP contribution in [-0.2, 0) is 0 Å². The Morgan fingerprint density at radius 3 is 2.33 bits per heavy atom. The molecule has 1 fully saturated rings. The third-order valence-electron chi connectivity index (χ3n) is 4.95. The van der Waals surface area contributed by atoms with Crippen molar-refractivity contribution in [1.29, 1.82) is 0 Å². The van der Waals surface area contributed by atoms with Gasteiger partial charge >= 0.3 is 0 Å². The van der Waals surface area contributed by atoms with E-state index in [-0.39, 0.29) is 6.04 Å². The summed E-state index contributed by atoms with van der Waals surface area (Å²) >= 11 is 0. The van der Waals surface area contributed by atoms with Crippen molar-refractivity contribution >= 4 is 0 Å². The van der Waals surface area contributed by atoms with Gasteiger partial charge in [-0.2, -0.15) is 0 Å². The average molecular weight is 289 g/mol. The van der Waals surface area contributed by atoms with E-state index in [0.717, 1.165) is 19.5 Å². The number of likely N-dealkylation sites (N-methyl/N-ethyl adjacent to an activating group) is 1. The van der Waals surface area contributed by atoms with Crippen molar-refractivity contribution < 1.29 is 0 Å². The van der Waals surface area contributed by atoms with Gasteiger partial charge in [-0.15, -0.1) is 0 Å². The minimum Gasteiger partial charge on any atom is -0.326 e. The van der Waals surface area contributed by atoms with Crippen molar-refractivity contribution in [2.45, 2.75) is 45.3 Å². The number of nitrogens with two attached hydrogens (primary N) is 1. The van der Waals surface area contributed by atoms with Crippen molar-refractivity contribution in [2.75, 3.05) is 27.2 Å². The Morgan fingerprint density at radius 1 is 1.24 bits per heavy atom. The number of likely N-dealkylation sites (tertiary alicyclic amines) is 1. The van der Waals surface area contributed by atoms with Crippen LogP contribution in [0.1, 0.15) is 37.4 Å². The second-order valence-corrected chi connectivity index (χ2v) is 6.89.